The maximum atomic E-state index is 12.5. The van der Waals surface area contributed by atoms with Gasteiger partial charge in [-0.3, -0.25) is 4.90 Å². The van der Waals surface area contributed by atoms with E-state index in [1.54, 1.807) is 7.11 Å². The number of nitrogens with one attached hydrogen (secondary N) is 1. The first-order chi connectivity index (χ1) is 12.2. The van der Waals surface area contributed by atoms with Gasteiger partial charge in [-0.05, 0) is 30.3 Å². The fraction of sp³-hybridized carbons (Fsp3) is 0.350. The lowest BCUT2D eigenvalue weighted by Crippen LogP contribution is -2.51. The van der Waals surface area contributed by atoms with Crippen molar-refractivity contribution < 1.29 is 9.53 Å². The van der Waals surface area contributed by atoms with Crippen molar-refractivity contribution in [2.75, 3.05) is 33.8 Å². The Kier molecular flexibility index (Phi) is 5.56. The molecule has 1 heterocycles. The quantitative estimate of drug-likeness (QED) is 0.932. The Labute approximate surface area is 149 Å². The molecule has 0 aliphatic carbocycles. The Morgan fingerprint density at radius 3 is 2.72 bits per heavy atom. The molecule has 2 amide bonds. The highest BCUT2D eigenvalue weighted by atomic mass is 16.5. The molecule has 2 aromatic rings. The van der Waals surface area contributed by atoms with E-state index >= 15 is 0 Å². The number of nitrogens with zero attached hydrogens (tertiary/aromatic N) is 2. The van der Waals surface area contributed by atoms with Gasteiger partial charge in [0, 0.05) is 26.2 Å². The van der Waals surface area contributed by atoms with Crippen LogP contribution in [0.15, 0.2) is 54.6 Å². The van der Waals surface area contributed by atoms with Crippen LogP contribution in [0.3, 0.4) is 0 Å². The minimum atomic E-state index is -0.00940. The number of carbonyl (C=O) groups excluding carboxylic acids is 1. The van der Waals surface area contributed by atoms with Gasteiger partial charge in [0.25, 0.3) is 0 Å². The number of carbonyl (C=O) groups is 1. The van der Waals surface area contributed by atoms with E-state index in [0.29, 0.717) is 13.1 Å². The molecule has 2 aromatic carbocycles. The smallest absolute Gasteiger partial charge is 0.317 e. The molecule has 3 rings (SSSR count). The summed E-state index contributed by atoms with van der Waals surface area (Å²) in [5, 5.41) is 3.02. The Morgan fingerprint density at radius 1 is 1.16 bits per heavy atom. The van der Waals surface area contributed by atoms with Crippen LogP contribution >= 0.6 is 0 Å². The average Bonchev–Trinajstić information content (AvgIpc) is 2.67. The fourth-order valence-electron chi connectivity index (χ4n) is 3.15. The van der Waals surface area contributed by atoms with Gasteiger partial charge in [-0.15, -0.1) is 0 Å². The largest absolute Gasteiger partial charge is 0.497 e. The molecule has 0 bridgehead atoms. The second-order valence-corrected chi connectivity index (χ2v) is 6.36. The first kappa shape index (κ1) is 17.3. The summed E-state index contributed by atoms with van der Waals surface area (Å²) in [6, 6.07) is 18.2. The Bertz CT molecular complexity index is 705. The van der Waals surface area contributed by atoms with E-state index < -0.39 is 0 Å². The maximum absolute atomic E-state index is 12.5. The van der Waals surface area contributed by atoms with Crippen molar-refractivity contribution in [3.63, 3.8) is 0 Å². The molecular formula is C20H25N3O2. The predicted molar refractivity (Wildman–Crippen MR) is 98.6 cm³/mol. The molecule has 1 fully saturated rings. The molecule has 25 heavy (non-hydrogen) atoms. The van der Waals surface area contributed by atoms with E-state index in [9.17, 15) is 4.79 Å². The number of rotatable bonds is 4. The third kappa shape index (κ3) is 4.31. The van der Waals surface area contributed by atoms with Crippen molar-refractivity contribution in [2.24, 2.45) is 0 Å². The summed E-state index contributed by atoms with van der Waals surface area (Å²) < 4.78 is 5.33. The number of hydrogen-bond donors (Lipinski definition) is 1. The van der Waals surface area contributed by atoms with Crippen LogP contribution in [-0.2, 0) is 6.54 Å². The molecule has 1 saturated heterocycles. The molecule has 1 aliphatic heterocycles. The van der Waals surface area contributed by atoms with Gasteiger partial charge >= 0.3 is 6.03 Å². The van der Waals surface area contributed by atoms with E-state index in [1.807, 2.05) is 53.4 Å². The minimum Gasteiger partial charge on any atom is -0.497 e. The lowest BCUT2D eigenvalue weighted by Gasteiger charge is -2.39. The third-order valence-electron chi connectivity index (χ3n) is 4.70. The summed E-state index contributed by atoms with van der Waals surface area (Å²) in [5.41, 5.74) is 2.27. The summed E-state index contributed by atoms with van der Waals surface area (Å²) in [6.07, 6.45) is 0. The van der Waals surface area contributed by atoms with Gasteiger partial charge in [-0.25, -0.2) is 4.79 Å². The van der Waals surface area contributed by atoms with Crippen LogP contribution in [0.2, 0.25) is 0 Å². The third-order valence-corrected chi connectivity index (χ3v) is 4.70. The van der Waals surface area contributed by atoms with Gasteiger partial charge in [0.1, 0.15) is 5.75 Å². The highest BCUT2D eigenvalue weighted by Gasteiger charge is 2.28. The summed E-state index contributed by atoms with van der Waals surface area (Å²) in [6.45, 7) is 2.80. The van der Waals surface area contributed by atoms with Crippen LogP contribution in [0.1, 0.15) is 17.2 Å². The molecule has 1 aliphatic rings. The van der Waals surface area contributed by atoms with Crippen LogP contribution in [0.5, 0.6) is 5.75 Å². The van der Waals surface area contributed by atoms with Crippen molar-refractivity contribution in [2.45, 2.75) is 12.6 Å². The lowest BCUT2D eigenvalue weighted by molar-refractivity contribution is 0.110. The second kappa shape index (κ2) is 8.03. The number of ether oxygens (including phenoxy) is 1. The summed E-state index contributed by atoms with van der Waals surface area (Å²) in [4.78, 5) is 16.7. The summed E-state index contributed by atoms with van der Waals surface area (Å²) >= 11 is 0. The van der Waals surface area contributed by atoms with E-state index in [0.717, 1.165) is 24.4 Å². The Hall–Kier alpha value is -2.53. The molecule has 0 saturated carbocycles. The molecule has 1 N–H and O–H groups in total. The van der Waals surface area contributed by atoms with Crippen molar-refractivity contribution in [1.29, 1.82) is 0 Å². The molecule has 5 heteroatoms. The monoisotopic (exact) mass is 339 g/mol. The van der Waals surface area contributed by atoms with Crippen molar-refractivity contribution in [3.05, 3.63) is 65.7 Å². The van der Waals surface area contributed by atoms with E-state index in [4.69, 9.17) is 4.74 Å². The van der Waals surface area contributed by atoms with Crippen LogP contribution in [0.4, 0.5) is 4.79 Å². The van der Waals surface area contributed by atoms with Gasteiger partial charge in [0.05, 0.1) is 13.2 Å². The zero-order valence-electron chi connectivity index (χ0n) is 14.8. The SMILES string of the molecule is COc1cccc(C2CN(C(=O)NCc3ccccc3)CCN2C)c1. The standard InChI is InChI=1S/C20H25N3O2/c1-22-11-12-23(20(24)21-14-16-7-4-3-5-8-16)15-19(22)17-9-6-10-18(13-17)25-2/h3-10,13,19H,11-12,14-15H2,1-2H3,(H,21,24). The topological polar surface area (TPSA) is 44.8 Å². The van der Waals surface area contributed by atoms with Crippen LogP contribution < -0.4 is 10.1 Å². The van der Waals surface area contributed by atoms with Crippen molar-refractivity contribution in [1.82, 2.24) is 15.1 Å². The lowest BCUT2D eigenvalue weighted by atomic mass is 10.0. The first-order valence-electron chi connectivity index (χ1n) is 8.58. The van der Waals surface area contributed by atoms with E-state index in [1.165, 1.54) is 5.56 Å². The number of benzene rings is 2. The number of likely N-dealkylation sites (N-methyl/N-ethyl adjacent to an activating group) is 1. The van der Waals surface area contributed by atoms with E-state index in [-0.39, 0.29) is 12.1 Å². The number of methoxy groups -OCH3 is 1. The average molecular weight is 339 g/mol. The highest BCUT2D eigenvalue weighted by molar-refractivity contribution is 5.74. The Morgan fingerprint density at radius 2 is 1.96 bits per heavy atom. The van der Waals surface area contributed by atoms with Crippen molar-refractivity contribution in [3.8, 4) is 5.75 Å². The normalized spacial score (nSPS) is 18.0. The molecule has 0 aromatic heterocycles. The minimum absolute atomic E-state index is 0.00940. The molecule has 0 radical (unpaired) electrons. The van der Waals surface area contributed by atoms with Crippen LogP contribution in [0.25, 0.3) is 0 Å². The summed E-state index contributed by atoms with van der Waals surface area (Å²) in [5.74, 6) is 0.844. The summed E-state index contributed by atoms with van der Waals surface area (Å²) in [7, 11) is 3.77. The molecular weight excluding hydrogens is 314 g/mol. The van der Waals surface area contributed by atoms with Crippen LogP contribution in [-0.4, -0.2) is 49.6 Å². The van der Waals surface area contributed by atoms with Gasteiger partial charge < -0.3 is 15.0 Å². The second-order valence-electron chi connectivity index (χ2n) is 6.36. The number of piperazine rings is 1. The van der Waals surface area contributed by atoms with Gasteiger partial charge in [0.2, 0.25) is 0 Å². The maximum Gasteiger partial charge on any atom is 0.317 e. The molecule has 0 spiro atoms. The van der Waals surface area contributed by atoms with Crippen LogP contribution in [0, 0.1) is 0 Å². The molecule has 1 unspecified atom stereocenters. The fourth-order valence-corrected chi connectivity index (χ4v) is 3.15. The van der Waals surface area contributed by atoms with Gasteiger partial charge in [-0.1, -0.05) is 42.5 Å². The number of hydrogen-bond acceptors (Lipinski definition) is 3. The molecule has 5 nitrogen and oxygen atoms in total. The zero-order chi connectivity index (χ0) is 17.6. The predicted octanol–water partition coefficient (Wildman–Crippen LogP) is 2.89. The highest BCUT2D eigenvalue weighted by Crippen LogP contribution is 2.26. The van der Waals surface area contributed by atoms with Crippen molar-refractivity contribution >= 4 is 6.03 Å². The first-order valence-corrected chi connectivity index (χ1v) is 8.58. The number of amides is 2. The van der Waals surface area contributed by atoms with E-state index in [2.05, 4.69) is 23.3 Å². The van der Waals surface area contributed by atoms with Gasteiger partial charge in [-0.2, -0.15) is 0 Å². The zero-order valence-corrected chi connectivity index (χ0v) is 14.8. The van der Waals surface area contributed by atoms with Gasteiger partial charge in [0.15, 0.2) is 0 Å². The molecule has 132 valence electrons. The number of urea groups is 1. The Balaban J connectivity index is 1.64. The molecule has 1 atom stereocenters.